The van der Waals surface area contributed by atoms with Crippen LogP contribution in [0.2, 0.25) is 0 Å². The lowest BCUT2D eigenvalue weighted by atomic mass is 9.99. The first-order valence-corrected chi connectivity index (χ1v) is 18.0. The van der Waals surface area contributed by atoms with E-state index in [9.17, 15) is 23.4 Å². The predicted molar refractivity (Wildman–Crippen MR) is 185 cm³/mol. The maximum atomic E-state index is 12.8. The van der Waals surface area contributed by atoms with Gasteiger partial charge in [-0.25, -0.2) is 17.9 Å². The van der Waals surface area contributed by atoms with Gasteiger partial charge in [0.25, 0.3) is 0 Å². The van der Waals surface area contributed by atoms with Crippen LogP contribution in [0.25, 0.3) is 11.1 Å². The maximum Gasteiger partial charge on any atom is 0.336 e. The third-order valence-corrected chi connectivity index (χ3v) is 10.7. The Bertz CT molecular complexity index is 1970. The Kier molecular flexibility index (Phi) is 10.7. The number of nitrogens with one attached hydrogen (secondary N) is 1. The molecular formula is C38H35NO7S2. The van der Waals surface area contributed by atoms with Gasteiger partial charge in [0, 0.05) is 29.2 Å². The van der Waals surface area contributed by atoms with Gasteiger partial charge in [-0.3, -0.25) is 0 Å². The first kappa shape index (κ1) is 33.6. The average Bonchev–Trinajstić information content (AvgIpc) is 3.13. The summed E-state index contributed by atoms with van der Waals surface area (Å²) in [6.45, 7) is 0.0907. The fraction of sp³-hybridized carbons (Fsp3) is 0.184. The monoisotopic (exact) mass is 681 g/mol. The third kappa shape index (κ3) is 8.22. The van der Waals surface area contributed by atoms with Crippen molar-refractivity contribution in [2.45, 2.75) is 47.9 Å². The number of carboxylic acid groups (broad SMARTS) is 1. The van der Waals surface area contributed by atoms with Crippen molar-refractivity contribution >= 4 is 27.8 Å². The second-order valence-electron chi connectivity index (χ2n) is 11.4. The summed E-state index contributed by atoms with van der Waals surface area (Å²) in [5, 5.41) is 19.2. The standard InChI is InChI=1S/C38H35NO7S2/c40-24-26-16-18-28(19-17-26)35-22-32(25-47-36-15-5-4-14-34(36)37(41)42)45-38(46-35)31-11-7-10-30(21-31)29-9-6-8-27(20-29)23-39-48(43,44)33-12-2-1-3-13-33/h1-21,32,35,38-40H,22-25H2,(H,41,42)/t32-,35+,38+/m1/s1. The summed E-state index contributed by atoms with van der Waals surface area (Å²) in [6, 6.07) is 38.5. The van der Waals surface area contributed by atoms with Crippen molar-refractivity contribution in [2.24, 2.45) is 0 Å². The Balaban J connectivity index is 1.22. The predicted octanol–water partition coefficient (Wildman–Crippen LogP) is 7.36. The zero-order chi connectivity index (χ0) is 33.5. The second kappa shape index (κ2) is 15.3. The average molecular weight is 682 g/mol. The molecule has 1 fully saturated rings. The molecule has 0 unspecified atom stereocenters. The van der Waals surface area contributed by atoms with Crippen molar-refractivity contribution < 1.29 is 32.9 Å². The third-order valence-electron chi connectivity index (χ3n) is 8.10. The van der Waals surface area contributed by atoms with Crippen LogP contribution in [0.1, 0.15) is 51.4 Å². The number of carbonyl (C=O) groups is 1. The van der Waals surface area contributed by atoms with E-state index in [1.54, 1.807) is 48.5 Å². The summed E-state index contributed by atoms with van der Waals surface area (Å²) < 4.78 is 41.3. The summed E-state index contributed by atoms with van der Waals surface area (Å²) in [4.78, 5) is 12.7. The molecule has 0 radical (unpaired) electrons. The van der Waals surface area contributed by atoms with Crippen LogP contribution in [0.5, 0.6) is 0 Å². The number of ether oxygens (including phenoxy) is 2. The fourth-order valence-corrected chi connectivity index (χ4v) is 7.67. The molecule has 1 aliphatic rings. The van der Waals surface area contributed by atoms with E-state index in [0.717, 1.165) is 33.4 Å². The molecule has 0 amide bonds. The van der Waals surface area contributed by atoms with Crippen LogP contribution in [0, 0.1) is 0 Å². The van der Waals surface area contributed by atoms with Crippen molar-refractivity contribution in [3.05, 3.63) is 155 Å². The highest BCUT2D eigenvalue weighted by atomic mass is 32.2. The zero-order valence-corrected chi connectivity index (χ0v) is 27.6. The summed E-state index contributed by atoms with van der Waals surface area (Å²) in [5.41, 5.74) is 5.49. The molecule has 0 spiro atoms. The van der Waals surface area contributed by atoms with E-state index >= 15 is 0 Å². The van der Waals surface area contributed by atoms with E-state index in [2.05, 4.69) is 4.72 Å². The number of rotatable bonds is 12. The molecule has 0 aliphatic carbocycles. The molecule has 3 atom stereocenters. The van der Waals surface area contributed by atoms with Gasteiger partial charge in [0.15, 0.2) is 6.29 Å². The van der Waals surface area contributed by atoms with Crippen LogP contribution in [0.4, 0.5) is 0 Å². The van der Waals surface area contributed by atoms with Crippen molar-refractivity contribution in [3.63, 3.8) is 0 Å². The molecule has 0 bridgehead atoms. The van der Waals surface area contributed by atoms with E-state index in [4.69, 9.17) is 9.47 Å². The van der Waals surface area contributed by atoms with Crippen molar-refractivity contribution in [1.82, 2.24) is 4.72 Å². The highest BCUT2D eigenvalue weighted by Gasteiger charge is 2.32. The smallest absolute Gasteiger partial charge is 0.336 e. The van der Waals surface area contributed by atoms with E-state index < -0.39 is 22.3 Å². The Morgan fingerprint density at radius 3 is 2.23 bits per heavy atom. The van der Waals surface area contributed by atoms with Gasteiger partial charge in [0.1, 0.15) is 0 Å². The summed E-state index contributed by atoms with van der Waals surface area (Å²) in [5.74, 6) is -0.448. The van der Waals surface area contributed by atoms with Gasteiger partial charge < -0.3 is 19.7 Å². The van der Waals surface area contributed by atoms with Crippen molar-refractivity contribution in [2.75, 3.05) is 5.75 Å². The lowest BCUT2D eigenvalue weighted by Crippen LogP contribution is -2.31. The van der Waals surface area contributed by atoms with E-state index in [1.165, 1.54) is 11.8 Å². The lowest BCUT2D eigenvalue weighted by Gasteiger charge is -2.36. The molecule has 5 aromatic carbocycles. The summed E-state index contributed by atoms with van der Waals surface area (Å²) in [7, 11) is -3.65. The minimum Gasteiger partial charge on any atom is -0.478 e. The highest BCUT2D eigenvalue weighted by Crippen LogP contribution is 2.40. The first-order chi connectivity index (χ1) is 23.3. The Morgan fingerprint density at radius 2 is 1.48 bits per heavy atom. The number of carboxylic acids is 1. The molecule has 8 nitrogen and oxygen atoms in total. The maximum absolute atomic E-state index is 12.8. The number of hydrogen-bond donors (Lipinski definition) is 3. The molecule has 48 heavy (non-hydrogen) atoms. The zero-order valence-electron chi connectivity index (χ0n) is 25.9. The van der Waals surface area contributed by atoms with Crippen molar-refractivity contribution in [3.8, 4) is 11.1 Å². The van der Waals surface area contributed by atoms with Crippen LogP contribution in [0.3, 0.4) is 0 Å². The van der Waals surface area contributed by atoms with Crippen LogP contribution in [-0.2, 0) is 32.6 Å². The molecule has 1 aliphatic heterocycles. The minimum atomic E-state index is -3.65. The molecule has 246 valence electrons. The first-order valence-electron chi connectivity index (χ1n) is 15.5. The largest absolute Gasteiger partial charge is 0.478 e. The molecule has 0 saturated carbocycles. The van der Waals surface area contributed by atoms with Crippen LogP contribution in [0.15, 0.2) is 137 Å². The molecule has 3 N–H and O–H groups in total. The van der Waals surface area contributed by atoms with Gasteiger partial charge in [0.2, 0.25) is 10.0 Å². The van der Waals surface area contributed by atoms with Crippen LogP contribution < -0.4 is 4.72 Å². The van der Waals surface area contributed by atoms with E-state index in [0.29, 0.717) is 17.1 Å². The minimum absolute atomic E-state index is 0.0489. The number of benzene rings is 5. The molecule has 6 rings (SSSR count). The van der Waals surface area contributed by atoms with Gasteiger partial charge in [-0.1, -0.05) is 91.0 Å². The van der Waals surface area contributed by atoms with Gasteiger partial charge in [-0.2, -0.15) is 0 Å². The van der Waals surface area contributed by atoms with Crippen molar-refractivity contribution in [1.29, 1.82) is 0 Å². The topological polar surface area (TPSA) is 122 Å². The number of hydrogen-bond acceptors (Lipinski definition) is 7. The van der Waals surface area contributed by atoms with Gasteiger partial charge in [0.05, 0.1) is 29.3 Å². The number of aliphatic hydroxyl groups excluding tert-OH is 1. The Hall–Kier alpha value is -4.29. The number of thioether (sulfide) groups is 1. The second-order valence-corrected chi connectivity index (χ2v) is 14.3. The number of aliphatic hydroxyl groups is 1. The van der Waals surface area contributed by atoms with Gasteiger partial charge in [-0.15, -0.1) is 11.8 Å². The summed E-state index contributed by atoms with van der Waals surface area (Å²) >= 11 is 1.45. The highest BCUT2D eigenvalue weighted by molar-refractivity contribution is 7.99. The van der Waals surface area contributed by atoms with E-state index in [1.807, 2.05) is 78.9 Å². The lowest BCUT2D eigenvalue weighted by molar-refractivity contribution is -0.245. The van der Waals surface area contributed by atoms with Gasteiger partial charge in [-0.05, 0) is 64.2 Å². The quantitative estimate of drug-likeness (QED) is 0.117. The molecule has 10 heteroatoms. The molecule has 1 heterocycles. The Labute approximate surface area is 284 Å². The number of aromatic carboxylic acids is 1. The van der Waals surface area contributed by atoms with Crippen LogP contribution >= 0.6 is 11.8 Å². The molecule has 0 aromatic heterocycles. The SMILES string of the molecule is O=C(O)c1ccccc1SC[C@H]1C[C@@H](c2ccc(CO)cc2)O[C@@H](c2cccc(-c3cccc(CNS(=O)(=O)c4ccccc4)c3)c2)O1. The normalized spacial score (nSPS) is 18.0. The van der Waals surface area contributed by atoms with Crippen LogP contribution in [-0.4, -0.2) is 36.5 Å². The molecular weight excluding hydrogens is 647 g/mol. The van der Waals surface area contributed by atoms with E-state index in [-0.39, 0.29) is 35.8 Å². The molecule has 1 saturated heterocycles. The number of sulfonamides is 1. The fourth-order valence-electron chi connectivity index (χ4n) is 5.56. The molecule has 5 aromatic rings. The Morgan fingerprint density at radius 1 is 0.771 bits per heavy atom. The van der Waals surface area contributed by atoms with Gasteiger partial charge >= 0.3 is 5.97 Å². The summed E-state index contributed by atoms with van der Waals surface area (Å²) in [6.07, 6.45) is -0.663.